The number of carbonyl (C=O) groups excluding carboxylic acids is 1. The molecule has 0 amide bonds. The van der Waals surface area contributed by atoms with Crippen LogP contribution in [0.15, 0.2) is 40.3 Å². The van der Waals surface area contributed by atoms with E-state index in [1.807, 2.05) is 18.4 Å². The lowest BCUT2D eigenvalue weighted by atomic mass is 10.2. The Bertz CT molecular complexity index is 820. The second-order valence-corrected chi connectivity index (χ2v) is 5.82. The molecule has 0 N–H and O–H groups in total. The molecular formula is C17H15NO4S. The third kappa shape index (κ3) is 2.98. The van der Waals surface area contributed by atoms with Crippen LogP contribution in [0.5, 0.6) is 11.5 Å². The van der Waals surface area contributed by atoms with Crippen molar-refractivity contribution in [3.63, 3.8) is 0 Å². The molecule has 23 heavy (non-hydrogen) atoms. The minimum Gasteiger partial charge on any atom is -0.493 e. The fourth-order valence-electron chi connectivity index (χ4n) is 2.16. The van der Waals surface area contributed by atoms with Crippen LogP contribution in [0.4, 0.5) is 0 Å². The number of ether oxygens (including phenoxy) is 3. The van der Waals surface area contributed by atoms with Crippen molar-refractivity contribution >= 4 is 29.3 Å². The van der Waals surface area contributed by atoms with Crippen LogP contribution >= 0.6 is 11.3 Å². The van der Waals surface area contributed by atoms with Gasteiger partial charge in [0.2, 0.25) is 5.90 Å². The van der Waals surface area contributed by atoms with Crippen molar-refractivity contribution in [2.75, 3.05) is 14.2 Å². The van der Waals surface area contributed by atoms with Gasteiger partial charge in [0.1, 0.15) is 0 Å². The Morgan fingerprint density at radius 1 is 1.17 bits per heavy atom. The lowest BCUT2D eigenvalue weighted by molar-refractivity contribution is -0.129. The van der Waals surface area contributed by atoms with Crippen molar-refractivity contribution in [1.82, 2.24) is 0 Å². The van der Waals surface area contributed by atoms with Crippen LogP contribution < -0.4 is 9.47 Å². The zero-order valence-electron chi connectivity index (χ0n) is 13.0. The average Bonchev–Trinajstić information content (AvgIpc) is 3.13. The summed E-state index contributed by atoms with van der Waals surface area (Å²) in [7, 11) is 3.11. The smallest absolute Gasteiger partial charge is 0.363 e. The Labute approximate surface area is 137 Å². The first-order valence-corrected chi connectivity index (χ1v) is 7.79. The minimum absolute atomic E-state index is 0.261. The molecule has 118 valence electrons. The van der Waals surface area contributed by atoms with Crippen molar-refractivity contribution in [2.24, 2.45) is 4.99 Å². The number of benzene rings is 1. The maximum absolute atomic E-state index is 12.0. The van der Waals surface area contributed by atoms with E-state index < -0.39 is 5.97 Å². The van der Waals surface area contributed by atoms with Crippen LogP contribution in [0.25, 0.3) is 6.08 Å². The summed E-state index contributed by atoms with van der Waals surface area (Å²) in [6.45, 7) is 1.99. The molecule has 1 aromatic heterocycles. The number of thiophene rings is 1. The molecule has 1 aliphatic heterocycles. The SMILES string of the molecule is COc1ccc(C2=N/C(=C\c3sccc3C)C(=O)O2)cc1OC. The maximum atomic E-state index is 12.0. The second-order valence-electron chi connectivity index (χ2n) is 4.87. The van der Waals surface area contributed by atoms with E-state index in [-0.39, 0.29) is 5.90 Å². The van der Waals surface area contributed by atoms with Crippen molar-refractivity contribution in [3.8, 4) is 11.5 Å². The number of hydrogen-bond donors (Lipinski definition) is 0. The zero-order chi connectivity index (χ0) is 16.4. The summed E-state index contributed by atoms with van der Waals surface area (Å²) < 4.78 is 15.7. The van der Waals surface area contributed by atoms with E-state index in [0.717, 1.165) is 10.4 Å². The number of aliphatic imine (C=N–C) groups is 1. The highest BCUT2D eigenvalue weighted by Gasteiger charge is 2.25. The van der Waals surface area contributed by atoms with Gasteiger partial charge < -0.3 is 14.2 Å². The minimum atomic E-state index is -0.456. The van der Waals surface area contributed by atoms with Gasteiger partial charge in [-0.3, -0.25) is 0 Å². The summed E-state index contributed by atoms with van der Waals surface area (Å²) in [4.78, 5) is 17.3. The van der Waals surface area contributed by atoms with Gasteiger partial charge in [0, 0.05) is 10.4 Å². The molecule has 0 atom stereocenters. The predicted octanol–water partition coefficient (Wildman–Crippen LogP) is 3.42. The molecule has 1 aromatic carbocycles. The average molecular weight is 329 g/mol. The third-order valence-electron chi connectivity index (χ3n) is 3.42. The van der Waals surface area contributed by atoms with E-state index in [1.165, 1.54) is 0 Å². The Kier molecular flexibility index (Phi) is 4.16. The van der Waals surface area contributed by atoms with E-state index >= 15 is 0 Å². The molecule has 0 unspecified atom stereocenters. The number of cyclic esters (lactones) is 1. The highest BCUT2D eigenvalue weighted by Crippen LogP contribution is 2.30. The third-order valence-corrected chi connectivity index (χ3v) is 4.39. The van der Waals surface area contributed by atoms with E-state index in [0.29, 0.717) is 22.8 Å². The number of rotatable bonds is 4. The number of carbonyl (C=O) groups is 1. The summed E-state index contributed by atoms with van der Waals surface area (Å²) >= 11 is 1.56. The Morgan fingerprint density at radius 3 is 2.61 bits per heavy atom. The van der Waals surface area contributed by atoms with Crippen LogP contribution in [0.2, 0.25) is 0 Å². The maximum Gasteiger partial charge on any atom is 0.363 e. The Balaban J connectivity index is 1.95. The Hall–Kier alpha value is -2.60. The summed E-state index contributed by atoms with van der Waals surface area (Å²) in [5, 5.41) is 1.97. The van der Waals surface area contributed by atoms with Crippen LogP contribution in [0, 0.1) is 6.92 Å². The molecule has 0 saturated carbocycles. The van der Waals surface area contributed by atoms with Gasteiger partial charge in [-0.15, -0.1) is 11.3 Å². The molecule has 3 rings (SSSR count). The molecular weight excluding hydrogens is 314 g/mol. The van der Waals surface area contributed by atoms with Crippen LogP contribution in [-0.4, -0.2) is 26.1 Å². The molecule has 1 aliphatic rings. The van der Waals surface area contributed by atoms with E-state index in [2.05, 4.69) is 4.99 Å². The summed E-state index contributed by atoms with van der Waals surface area (Å²) in [5.74, 6) is 0.959. The lowest BCUT2D eigenvalue weighted by Crippen LogP contribution is -2.05. The summed E-state index contributed by atoms with van der Waals surface area (Å²) in [6, 6.07) is 7.24. The number of hydrogen-bond acceptors (Lipinski definition) is 6. The first-order chi connectivity index (χ1) is 11.1. The predicted molar refractivity (Wildman–Crippen MR) is 89.2 cm³/mol. The number of methoxy groups -OCH3 is 2. The van der Waals surface area contributed by atoms with Crippen molar-refractivity contribution in [3.05, 3.63) is 51.3 Å². The molecule has 2 heterocycles. The highest BCUT2D eigenvalue weighted by molar-refractivity contribution is 7.11. The quantitative estimate of drug-likeness (QED) is 0.637. The van der Waals surface area contributed by atoms with Gasteiger partial charge in [-0.1, -0.05) is 0 Å². The molecule has 0 bridgehead atoms. The topological polar surface area (TPSA) is 57.1 Å². The fraction of sp³-hybridized carbons (Fsp3) is 0.176. The normalized spacial score (nSPS) is 15.5. The van der Waals surface area contributed by atoms with Gasteiger partial charge in [0.25, 0.3) is 0 Å². The monoisotopic (exact) mass is 329 g/mol. The first kappa shape index (κ1) is 15.3. The van der Waals surface area contributed by atoms with Crippen LogP contribution in [0.1, 0.15) is 16.0 Å². The number of nitrogens with zero attached hydrogens (tertiary/aromatic N) is 1. The van der Waals surface area contributed by atoms with Gasteiger partial charge in [-0.25, -0.2) is 9.79 Å². The molecule has 0 saturated heterocycles. The molecule has 0 spiro atoms. The van der Waals surface area contributed by atoms with Gasteiger partial charge in [-0.05, 0) is 48.2 Å². The van der Waals surface area contributed by atoms with Gasteiger partial charge in [-0.2, -0.15) is 0 Å². The first-order valence-electron chi connectivity index (χ1n) is 6.91. The molecule has 5 nitrogen and oxygen atoms in total. The molecule has 2 aromatic rings. The van der Waals surface area contributed by atoms with E-state index in [1.54, 1.807) is 49.8 Å². The Morgan fingerprint density at radius 2 is 1.96 bits per heavy atom. The van der Waals surface area contributed by atoms with E-state index in [4.69, 9.17) is 14.2 Å². The number of aryl methyl sites for hydroxylation is 1. The highest BCUT2D eigenvalue weighted by atomic mass is 32.1. The summed E-state index contributed by atoms with van der Waals surface area (Å²) in [5.41, 5.74) is 2.05. The fourth-order valence-corrected chi connectivity index (χ4v) is 3.01. The zero-order valence-corrected chi connectivity index (χ0v) is 13.8. The largest absolute Gasteiger partial charge is 0.493 e. The lowest BCUT2D eigenvalue weighted by Gasteiger charge is -2.08. The van der Waals surface area contributed by atoms with Crippen molar-refractivity contribution in [1.29, 1.82) is 0 Å². The van der Waals surface area contributed by atoms with Crippen LogP contribution in [-0.2, 0) is 9.53 Å². The molecule has 0 radical (unpaired) electrons. The van der Waals surface area contributed by atoms with Crippen molar-refractivity contribution < 1.29 is 19.0 Å². The van der Waals surface area contributed by atoms with Gasteiger partial charge in [0.15, 0.2) is 17.2 Å². The van der Waals surface area contributed by atoms with Gasteiger partial charge in [0.05, 0.1) is 14.2 Å². The summed E-state index contributed by atoms with van der Waals surface area (Å²) in [6.07, 6.45) is 1.75. The van der Waals surface area contributed by atoms with Crippen LogP contribution in [0.3, 0.4) is 0 Å². The second kappa shape index (κ2) is 6.26. The molecule has 6 heteroatoms. The number of esters is 1. The van der Waals surface area contributed by atoms with Crippen molar-refractivity contribution in [2.45, 2.75) is 6.92 Å². The molecule has 0 fully saturated rings. The molecule has 0 aliphatic carbocycles. The van der Waals surface area contributed by atoms with Gasteiger partial charge >= 0.3 is 5.97 Å². The standard InChI is InChI=1S/C17H15NO4S/c1-10-6-7-23-15(10)9-12-17(19)22-16(18-12)11-4-5-13(20-2)14(8-11)21-3/h4-9H,1-3H3/b12-9-. The van der Waals surface area contributed by atoms with E-state index in [9.17, 15) is 4.79 Å².